The number of methoxy groups -OCH3 is 1. The molecule has 0 radical (unpaired) electrons. The van der Waals surface area contributed by atoms with Gasteiger partial charge in [-0.05, 0) is 49.7 Å². The zero-order valence-electron chi connectivity index (χ0n) is 10.8. The van der Waals surface area contributed by atoms with Gasteiger partial charge in [0.2, 0.25) is 0 Å². The maximum atomic E-state index is 12.6. The third-order valence-corrected chi connectivity index (χ3v) is 4.12. The molecule has 1 aromatic rings. The highest BCUT2D eigenvalue weighted by Crippen LogP contribution is 2.39. The van der Waals surface area contributed by atoms with Crippen LogP contribution >= 0.6 is 0 Å². The molecule has 2 aliphatic rings. The highest BCUT2D eigenvalue weighted by atomic mass is 16.5. The second-order valence-electron chi connectivity index (χ2n) is 5.39. The number of carbonyl (C=O) groups excluding carboxylic acids is 1. The standard InChI is InChI=1S/C15H19NO2/c1-18-15(11-7-8-11)14(17)12-6-2-4-10-5-3-9-16-13(10)12/h3,5,9,11-12,15H,2,4,6-8H2,1H3. The zero-order chi connectivity index (χ0) is 12.5. The molecule has 96 valence electrons. The first-order valence-electron chi connectivity index (χ1n) is 6.81. The van der Waals surface area contributed by atoms with E-state index in [1.807, 2.05) is 6.07 Å². The summed E-state index contributed by atoms with van der Waals surface area (Å²) in [4.78, 5) is 17.1. The van der Waals surface area contributed by atoms with E-state index < -0.39 is 0 Å². The summed E-state index contributed by atoms with van der Waals surface area (Å²) in [5, 5.41) is 0. The topological polar surface area (TPSA) is 39.2 Å². The molecule has 1 saturated carbocycles. The molecule has 3 nitrogen and oxygen atoms in total. The van der Waals surface area contributed by atoms with Crippen LogP contribution in [-0.2, 0) is 16.0 Å². The summed E-state index contributed by atoms with van der Waals surface area (Å²) >= 11 is 0. The number of aryl methyl sites for hydroxylation is 1. The average Bonchev–Trinajstić information content (AvgIpc) is 3.23. The third-order valence-electron chi connectivity index (χ3n) is 4.12. The number of fused-ring (bicyclic) bond motifs is 1. The van der Waals surface area contributed by atoms with Crippen molar-refractivity contribution in [3.8, 4) is 0 Å². The van der Waals surface area contributed by atoms with Crippen LogP contribution in [0.3, 0.4) is 0 Å². The number of carbonyl (C=O) groups is 1. The van der Waals surface area contributed by atoms with Gasteiger partial charge < -0.3 is 4.74 Å². The van der Waals surface area contributed by atoms with Crippen LogP contribution in [0.15, 0.2) is 18.3 Å². The van der Waals surface area contributed by atoms with Crippen molar-refractivity contribution >= 4 is 5.78 Å². The van der Waals surface area contributed by atoms with Crippen molar-refractivity contribution in [1.29, 1.82) is 0 Å². The summed E-state index contributed by atoms with van der Waals surface area (Å²) in [6, 6.07) is 4.06. The fraction of sp³-hybridized carbons (Fsp3) is 0.600. The number of hydrogen-bond acceptors (Lipinski definition) is 3. The number of aromatic nitrogens is 1. The molecular weight excluding hydrogens is 226 g/mol. The van der Waals surface area contributed by atoms with E-state index in [0.717, 1.165) is 37.8 Å². The van der Waals surface area contributed by atoms with Gasteiger partial charge in [0, 0.05) is 13.3 Å². The van der Waals surface area contributed by atoms with Crippen LogP contribution in [0.25, 0.3) is 0 Å². The van der Waals surface area contributed by atoms with Crippen LogP contribution in [0.1, 0.15) is 42.9 Å². The first-order chi connectivity index (χ1) is 8.81. The predicted molar refractivity (Wildman–Crippen MR) is 68.4 cm³/mol. The lowest BCUT2D eigenvalue weighted by molar-refractivity contribution is -0.132. The Morgan fingerprint density at radius 3 is 3.00 bits per heavy atom. The number of ketones is 1. The molecule has 0 bridgehead atoms. The van der Waals surface area contributed by atoms with Crippen molar-refractivity contribution in [3.05, 3.63) is 29.6 Å². The van der Waals surface area contributed by atoms with Gasteiger partial charge in [-0.3, -0.25) is 9.78 Å². The van der Waals surface area contributed by atoms with Gasteiger partial charge in [0.1, 0.15) is 6.10 Å². The van der Waals surface area contributed by atoms with Crippen LogP contribution < -0.4 is 0 Å². The molecule has 1 fully saturated rings. The molecule has 2 atom stereocenters. The van der Waals surface area contributed by atoms with Gasteiger partial charge in [-0.2, -0.15) is 0 Å². The molecule has 2 unspecified atom stereocenters. The molecule has 18 heavy (non-hydrogen) atoms. The molecule has 0 saturated heterocycles. The third kappa shape index (κ3) is 2.07. The fourth-order valence-corrected chi connectivity index (χ4v) is 3.02. The summed E-state index contributed by atoms with van der Waals surface area (Å²) in [6.07, 6.45) is 6.91. The van der Waals surface area contributed by atoms with Gasteiger partial charge in [0.25, 0.3) is 0 Å². The van der Waals surface area contributed by atoms with Crippen LogP contribution in [0.2, 0.25) is 0 Å². The Hall–Kier alpha value is -1.22. The van der Waals surface area contributed by atoms with Crippen molar-refractivity contribution in [3.63, 3.8) is 0 Å². The quantitative estimate of drug-likeness (QED) is 0.818. The summed E-state index contributed by atoms with van der Waals surface area (Å²) in [5.41, 5.74) is 2.24. The van der Waals surface area contributed by atoms with Crippen molar-refractivity contribution in [2.24, 2.45) is 5.92 Å². The van der Waals surface area contributed by atoms with Gasteiger partial charge in [-0.1, -0.05) is 6.07 Å². The van der Waals surface area contributed by atoms with Crippen molar-refractivity contribution in [1.82, 2.24) is 4.98 Å². The van der Waals surface area contributed by atoms with Crippen molar-refractivity contribution in [2.45, 2.75) is 44.1 Å². The molecule has 0 aromatic carbocycles. The molecule has 0 N–H and O–H groups in total. The Labute approximate surface area is 108 Å². The van der Waals surface area contributed by atoms with E-state index in [9.17, 15) is 4.79 Å². The first-order valence-corrected chi connectivity index (χ1v) is 6.81. The maximum Gasteiger partial charge on any atom is 0.170 e. The Kier molecular flexibility index (Phi) is 3.16. The highest BCUT2D eigenvalue weighted by molar-refractivity contribution is 5.90. The predicted octanol–water partition coefficient (Wildman–Crippen LogP) is 2.50. The van der Waals surface area contributed by atoms with Crippen LogP contribution in [0.4, 0.5) is 0 Å². The monoisotopic (exact) mass is 245 g/mol. The van der Waals surface area contributed by atoms with Gasteiger partial charge in [-0.15, -0.1) is 0 Å². The fourth-order valence-electron chi connectivity index (χ4n) is 3.02. The minimum Gasteiger partial charge on any atom is -0.373 e. The van der Waals surface area contributed by atoms with E-state index in [2.05, 4.69) is 11.1 Å². The zero-order valence-corrected chi connectivity index (χ0v) is 10.8. The maximum absolute atomic E-state index is 12.6. The largest absolute Gasteiger partial charge is 0.373 e. The van der Waals surface area contributed by atoms with Crippen LogP contribution in [-0.4, -0.2) is 24.0 Å². The van der Waals surface area contributed by atoms with E-state index in [1.54, 1.807) is 13.3 Å². The number of pyridine rings is 1. The Morgan fingerprint density at radius 2 is 2.28 bits per heavy atom. The lowest BCUT2D eigenvalue weighted by Crippen LogP contribution is -2.32. The summed E-state index contributed by atoms with van der Waals surface area (Å²) in [6.45, 7) is 0. The Balaban J connectivity index is 1.86. The lowest BCUT2D eigenvalue weighted by atomic mass is 9.82. The summed E-state index contributed by atoms with van der Waals surface area (Å²) < 4.78 is 5.43. The molecule has 1 aromatic heterocycles. The van der Waals surface area contributed by atoms with Crippen molar-refractivity contribution in [2.75, 3.05) is 7.11 Å². The molecule has 0 spiro atoms. The number of Topliss-reactive ketones (excluding diaryl/α,β-unsaturated/α-hetero) is 1. The van der Waals surface area contributed by atoms with E-state index in [0.29, 0.717) is 5.92 Å². The van der Waals surface area contributed by atoms with Gasteiger partial charge in [0.05, 0.1) is 11.6 Å². The van der Waals surface area contributed by atoms with Crippen LogP contribution in [0, 0.1) is 5.92 Å². The summed E-state index contributed by atoms with van der Waals surface area (Å²) in [7, 11) is 1.66. The summed E-state index contributed by atoms with van der Waals surface area (Å²) in [5.74, 6) is 0.664. The average molecular weight is 245 g/mol. The second kappa shape index (κ2) is 4.81. The Morgan fingerprint density at radius 1 is 1.44 bits per heavy atom. The SMILES string of the molecule is COC(C(=O)C1CCCc2cccnc21)C1CC1. The highest BCUT2D eigenvalue weighted by Gasteiger charge is 2.41. The Bertz CT molecular complexity index is 454. The number of hydrogen-bond donors (Lipinski definition) is 0. The van der Waals surface area contributed by atoms with E-state index in [-0.39, 0.29) is 17.8 Å². The number of nitrogens with zero attached hydrogens (tertiary/aromatic N) is 1. The minimum absolute atomic E-state index is 0.0412. The molecule has 2 aliphatic carbocycles. The van der Waals surface area contributed by atoms with Crippen LogP contribution in [0.5, 0.6) is 0 Å². The number of rotatable bonds is 4. The van der Waals surface area contributed by atoms with Gasteiger partial charge in [0.15, 0.2) is 5.78 Å². The number of ether oxygens (including phenoxy) is 1. The first kappa shape index (κ1) is 11.8. The molecule has 3 rings (SSSR count). The second-order valence-corrected chi connectivity index (χ2v) is 5.39. The van der Waals surface area contributed by atoms with E-state index in [1.165, 1.54) is 5.56 Å². The smallest absolute Gasteiger partial charge is 0.170 e. The lowest BCUT2D eigenvalue weighted by Gasteiger charge is -2.26. The molecule has 0 amide bonds. The molecule has 3 heteroatoms. The molecular formula is C15H19NO2. The van der Waals surface area contributed by atoms with Gasteiger partial charge >= 0.3 is 0 Å². The van der Waals surface area contributed by atoms with Crippen molar-refractivity contribution < 1.29 is 9.53 Å². The normalized spacial score (nSPS) is 24.4. The van der Waals surface area contributed by atoms with E-state index >= 15 is 0 Å². The molecule has 0 aliphatic heterocycles. The van der Waals surface area contributed by atoms with E-state index in [4.69, 9.17) is 4.74 Å². The van der Waals surface area contributed by atoms with Gasteiger partial charge in [-0.25, -0.2) is 0 Å². The molecule has 1 heterocycles. The minimum atomic E-state index is -0.206.